The molecule has 120 valence electrons. The molecule has 1 aromatic carbocycles. The molecule has 1 atom stereocenters. The molecule has 1 saturated carbocycles. The van der Waals surface area contributed by atoms with Gasteiger partial charge in [0.05, 0.1) is 17.5 Å². The predicted octanol–water partition coefficient (Wildman–Crippen LogP) is 2.43. The van der Waals surface area contributed by atoms with Crippen molar-refractivity contribution < 1.29 is 13.2 Å². The molecular formula is C16H22N2O3S. The van der Waals surface area contributed by atoms with E-state index in [2.05, 4.69) is 5.32 Å². The van der Waals surface area contributed by atoms with E-state index in [9.17, 15) is 13.2 Å². The van der Waals surface area contributed by atoms with Crippen molar-refractivity contribution >= 4 is 21.6 Å². The summed E-state index contributed by atoms with van der Waals surface area (Å²) in [5, 5.41) is 2.91. The summed E-state index contributed by atoms with van der Waals surface area (Å²) in [6.45, 7) is 2.27. The molecule has 1 aliphatic heterocycles. The fourth-order valence-electron chi connectivity index (χ4n) is 3.22. The summed E-state index contributed by atoms with van der Waals surface area (Å²) in [5.41, 5.74) is 1.83. The van der Waals surface area contributed by atoms with Crippen LogP contribution < -0.4 is 5.32 Å². The van der Waals surface area contributed by atoms with Gasteiger partial charge in [0.1, 0.15) is 0 Å². The summed E-state index contributed by atoms with van der Waals surface area (Å²) in [6, 6.07) is 7.28. The number of benzene rings is 1. The topological polar surface area (TPSA) is 66.5 Å². The van der Waals surface area contributed by atoms with E-state index in [-0.39, 0.29) is 23.6 Å². The monoisotopic (exact) mass is 322 g/mol. The molecule has 0 spiro atoms. The van der Waals surface area contributed by atoms with Gasteiger partial charge in [-0.1, -0.05) is 18.6 Å². The van der Waals surface area contributed by atoms with E-state index >= 15 is 0 Å². The van der Waals surface area contributed by atoms with Crippen LogP contribution in [0.3, 0.4) is 0 Å². The number of nitrogens with one attached hydrogen (secondary N) is 1. The van der Waals surface area contributed by atoms with Gasteiger partial charge in [-0.3, -0.25) is 0 Å². The molecule has 1 unspecified atom stereocenters. The second kappa shape index (κ2) is 5.91. The Hall–Kier alpha value is -1.56. The normalized spacial score (nSPS) is 24.6. The number of carbonyl (C=O) groups excluding carboxylic acids is 1. The number of carbonyl (C=O) groups is 1. The Morgan fingerprint density at radius 1 is 1.32 bits per heavy atom. The van der Waals surface area contributed by atoms with Crippen LogP contribution in [-0.4, -0.2) is 43.4 Å². The van der Waals surface area contributed by atoms with E-state index < -0.39 is 9.84 Å². The lowest BCUT2D eigenvalue weighted by molar-refractivity contribution is 0.131. The number of amides is 2. The highest BCUT2D eigenvalue weighted by molar-refractivity contribution is 7.91. The minimum atomic E-state index is -3.02. The third kappa shape index (κ3) is 3.27. The maximum absolute atomic E-state index is 12.6. The van der Waals surface area contributed by atoms with Crippen molar-refractivity contribution in [2.45, 2.75) is 32.2 Å². The molecule has 2 amide bonds. The predicted molar refractivity (Wildman–Crippen MR) is 86.7 cm³/mol. The highest BCUT2D eigenvalue weighted by Crippen LogP contribution is 2.34. The number of hydrogen-bond donors (Lipinski definition) is 1. The standard InChI is InChI=1S/C16H22N2O3S/c1-12-4-2-7-14(10-12)17-16(19)18-8-9-22(20,21)11-15(18)13-5-3-6-13/h2,4,7,10,13,15H,3,5-6,8-9,11H2,1H3,(H,17,19). The van der Waals surface area contributed by atoms with Crippen LogP contribution in [0.5, 0.6) is 0 Å². The Morgan fingerprint density at radius 2 is 2.09 bits per heavy atom. The van der Waals surface area contributed by atoms with Gasteiger partial charge >= 0.3 is 6.03 Å². The van der Waals surface area contributed by atoms with Crippen molar-refractivity contribution in [2.75, 3.05) is 23.4 Å². The second-order valence-electron chi connectivity index (χ2n) is 6.37. The van der Waals surface area contributed by atoms with Crippen molar-refractivity contribution in [3.8, 4) is 0 Å². The van der Waals surface area contributed by atoms with E-state index in [0.29, 0.717) is 12.5 Å². The van der Waals surface area contributed by atoms with Gasteiger partial charge in [0, 0.05) is 12.2 Å². The molecule has 0 aromatic heterocycles. The van der Waals surface area contributed by atoms with E-state index in [1.165, 1.54) is 0 Å². The molecule has 3 rings (SSSR count). The van der Waals surface area contributed by atoms with Gasteiger partial charge < -0.3 is 10.2 Å². The van der Waals surface area contributed by atoms with Gasteiger partial charge in [0.15, 0.2) is 9.84 Å². The van der Waals surface area contributed by atoms with Gasteiger partial charge in [-0.25, -0.2) is 13.2 Å². The van der Waals surface area contributed by atoms with Gasteiger partial charge in [-0.2, -0.15) is 0 Å². The van der Waals surface area contributed by atoms with Crippen LogP contribution in [0.2, 0.25) is 0 Å². The summed E-state index contributed by atoms with van der Waals surface area (Å²) >= 11 is 0. The van der Waals surface area contributed by atoms with Crippen LogP contribution in [-0.2, 0) is 9.84 Å². The molecule has 2 fully saturated rings. The molecular weight excluding hydrogens is 300 g/mol. The van der Waals surface area contributed by atoms with Crippen molar-refractivity contribution in [3.05, 3.63) is 29.8 Å². The molecule has 5 nitrogen and oxygen atoms in total. The Labute approximate surface area is 131 Å². The summed E-state index contributed by atoms with van der Waals surface area (Å²) in [5.74, 6) is 0.509. The Kier molecular flexibility index (Phi) is 4.12. The summed E-state index contributed by atoms with van der Waals surface area (Å²) in [4.78, 5) is 14.3. The highest BCUT2D eigenvalue weighted by Gasteiger charge is 2.40. The van der Waals surface area contributed by atoms with Crippen molar-refractivity contribution in [1.29, 1.82) is 0 Å². The third-order valence-corrected chi connectivity index (χ3v) is 6.35. The minimum absolute atomic E-state index is 0.0669. The average Bonchev–Trinajstić information content (AvgIpc) is 2.35. The average molecular weight is 322 g/mol. The first-order valence-electron chi connectivity index (χ1n) is 7.79. The fraction of sp³-hybridized carbons (Fsp3) is 0.562. The molecule has 1 saturated heterocycles. The second-order valence-corrected chi connectivity index (χ2v) is 8.59. The molecule has 1 N–H and O–H groups in total. The number of aryl methyl sites for hydroxylation is 1. The third-order valence-electron chi connectivity index (χ3n) is 4.69. The molecule has 0 bridgehead atoms. The summed E-state index contributed by atoms with van der Waals surface area (Å²) in [6.07, 6.45) is 3.18. The molecule has 2 aliphatic rings. The lowest BCUT2D eigenvalue weighted by Gasteiger charge is -2.43. The first-order chi connectivity index (χ1) is 10.4. The largest absolute Gasteiger partial charge is 0.322 e. The van der Waals surface area contributed by atoms with E-state index in [1.54, 1.807) is 4.90 Å². The molecule has 0 radical (unpaired) electrons. The zero-order chi connectivity index (χ0) is 15.7. The van der Waals surface area contributed by atoms with Crippen molar-refractivity contribution in [1.82, 2.24) is 4.90 Å². The molecule has 1 aliphatic carbocycles. The van der Waals surface area contributed by atoms with Crippen LogP contribution in [0.25, 0.3) is 0 Å². The van der Waals surface area contributed by atoms with Crippen LogP contribution in [0.15, 0.2) is 24.3 Å². The number of nitrogens with zero attached hydrogens (tertiary/aromatic N) is 1. The molecule has 1 aromatic rings. The van der Waals surface area contributed by atoms with Gasteiger partial charge in [0.2, 0.25) is 0 Å². The summed E-state index contributed by atoms with van der Waals surface area (Å²) in [7, 11) is -3.02. The van der Waals surface area contributed by atoms with Crippen molar-refractivity contribution in [2.24, 2.45) is 5.92 Å². The Balaban J connectivity index is 1.74. The smallest absolute Gasteiger partial charge is 0.319 e. The van der Waals surface area contributed by atoms with Crippen LogP contribution in [0.1, 0.15) is 24.8 Å². The first kappa shape index (κ1) is 15.3. The maximum Gasteiger partial charge on any atom is 0.322 e. The molecule has 22 heavy (non-hydrogen) atoms. The number of hydrogen-bond acceptors (Lipinski definition) is 3. The molecule has 1 heterocycles. The Morgan fingerprint density at radius 3 is 2.73 bits per heavy atom. The van der Waals surface area contributed by atoms with Gasteiger partial charge in [-0.15, -0.1) is 0 Å². The maximum atomic E-state index is 12.6. The number of urea groups is 1. The zero-order valence-corrected chi connectivity index (χ0v) is 13.6. The van der Waals surface area contributed by atoms with Crippen LogP contribution in [0.4, 0.5) is 10.5 Å². The lowest BCUT2D eigenvalue weighted by atomic mass is 9.79. The van der Waals surface area contributed by atoms with Gasteiger partial charge in [-0.05, 0) is 43.4 Å². The summed E-state index contributed by atoms with van der Waals surface area (Å²) < 4.78 is 23.8. The van der Waals surface area contributed by atoms with E-state index in [0.717, 1.165) is 30.5 Å². The van der Waals surface area contributed by atoms with Crippen molar-refractivity contribution in [3.63, 3.8) is 0 Å². The SMILES string of the molecule is Cc1cccc(NC(=O)N2CCS(=O)(=O)CC2C2CCC2)c1. The minimum Gasteiger partial charge on any atom is -0.319 e. The fourth-order valence-corrected chi connectivity index (χ4v) is 4.84. The van der Waals surface area contributed by atoms with E-state index in [4.69, 9.17) is 0 Å². The van der Waals surface area contributed by atoms with Crippen LogP contribution >= 0.6 is 0 Å². The van der Waals surface area contributed by atoms with E-state index in [1.807, 2.05) is 31.2 Å². The Bertz CT molecular complexity index is 668. The quantitative estimate of drug-likeness (QED) is 0.909. The molecule has 6 heteroatoms. The number of sulfone groups is 1. The lowest BCUT2D eigenvalue weighted by Crippen LogP contribution is -2.56. The number of rotatable bonds is 2. The number of anilines is 1. The zero-order valence-electron chi connectivity index (χ0n) is 12.8. The van der Waals surface area contributed by atoms with Crippen LogP contribution in [0, 0.1) is 12.8 Å². The van der Waals surface area contributed by atoms with Gasteiger partial charge in [0.25, 0.3) is 0 Å². The first-order valence-corrected chi connectivity index (χ1v) is 9.61. The highest BCUT2D eigenvalue weighted by atomic mass is 32.2.